The number of aromatic amines is 1. The van der Waals surface area contributed by atoms with Gasteiger partial charge in [0.15, 0.2) is 0 Å². The number of carbonyl (C=O) groups excluding carboxylic acids is 2. The van der Waals surface area contributed by atoms with E-state index < -0.39 is 15.9 Å². The first kappa shape index (κ1) is 18.2. The molecule has 144 valence electrons. The molecule has 1 aromatic heterocycles. The molecule has 0 bridgehead atoms. The van der Waals surface area contributed by atoms with Gasteiger partial charge >= 0.3 is 0 Å². The van der Waals surface area contributed by atoms with Crippen molar-refractivity contribution >= 4 is 32.7 Å². The monoisotopic (exact) mass is 397 g/mol. The summed E-state index contributed by atoms with van der Waals surface area (Å²) >= 11 is 0. The molecular weight excluding hydrogens is 378 g/mol. The highest BCUT2D eigenvalue weighted by Crippen LogP contribution is 2.30. The third-order valence-electron chi connectivity index (χ3n) is 4.91. The van der Waals surface area contributed by atoms with Crippen LogP contribution in [0.15, 0.2) is 53.6 Å². The highest BCUT2D eigenvalue weighted by Gasteiger charge is 2.40. The largest absolute Gasteiger partial charge is 0.361 e. The molecule has 7 nitrogen and oxygen atoms in total. The molecule has 0 atom stereocenters. The zero-order chi connectivity index (χ0) is 19.9. The molecule has 2 amide bonds. The fourth-order valence-electron chi connectivity index (χ4n) is 3.48. The van der Waals surface area contributed by atoms with Crippen molar-refractivity contribution in [1.29, 1.82) is 0 Å². The molecule has 0 unspecified atom stereocenters. The number of aromatic nitrogens is 1. The SMILES string of the molecule is CCN1C(=O)c2ccc(C(=O)NCCc3c[nH]c4ccccc34)cc2S1(=O)=O. The zero-order valence-electron chi connectivity index (χ0n) is 15.2. The van der Waals surface area contributed by atoms with E-state index in [1.165, 1.54) is 18.2 Å². The first-order valence-corrected chi connectivity index (χ1v) is 10.4. The number of carbonyl (C=O) groups is 2. The first-order chi connectivity index (χ1) is 13.4. The van der Waals surface area contributed by atoms with E-state index in [2.05, 4.69) is 10.3 Å². The summed E-state index contributed by atoms with van der Waals surface area (Å²) < 4.78 is 25.7. The van der Waals surface area contributed by atoms with Crippen molar-refractivity contribution < 1.29 is 18.0 Å². The molecule has 0 saturated heterocycles. The summed E-state index contributed by atoms with van der Waals surface area (Å²) in [5.74, 6) is -0.927. The van der Waals surface area contributed by atoms with Gasteiger partial charge in [0, 0.05) is 35.8 Å². The van der Waals surface area contributed by atoms with Crippen LogP contribution in [0.5, 0.6) is 0 Å². The Bertz CT molecular complexity index is 1200. The first-order valence-electron chi connectivity index (χ1n) is 8.98. The second kappa shape index (κ2) is 6.79. The summed E-state index contributed by atoms with van der Waals surface area (Å²) in [7, 11) is -3.88. The molecule has 0 spiro atoms. The lowest BCUT2D eigenvalue weighted by atomic mass is 10.1. The summed E-state index contributed by atoms with van der Waals surface area (Å²) in [6.07, 6.45) is 2.56. The van der Waals surface area contributed by atoms with Gasteiger partial charge in [-0.15, -0.1) is 0 Å². The lowest BCUT2D eigenvalue weighted by molar-refractivity contribution is 0.0874. The van der Waals surface area contributed by atoms with Gasteiger partial charge in [-0.2, -0.15) is 0 Å². The van der Waals surface area contributed by atoms with E-state index in [-0.39, 0.29) is 28.5 Å². The van der Waals surface area contributed by atoms with Crippen LogP contribution in [0.3, 0.4) is 0 Å². The van der Waals surface area contributed by atoms with E-state index in [0.29, 0.717) is 13.0 Å². The van der Waals surface area contributed by atoms with Crippen molar-refractivity contribution in [1.82, 2.24) is 14.6 Å². The minimum atomic E-state index is -3.88. The van der Waals surface area contributed by atoms with Crippen LogP contribution in [0.25, 0.3) is 10.9 Å². The number of benzene rings is 2. The van der Waals surface area contributed by atoms with Gasteiger partial charge in [-0.25, -0.2) is 12.7 Å². The van der Waals surface area contributed by atoms with Crippen LogP contribution in [0.4, 0.5) is 0 Å². The molecule has 2 aromatic carbocycles. The summed E-state index contributed by atoms with van der Waals surface area (Å²) in [4.78, 5) is 27.7. The molecule has 1 aliphatic rings. The van der Waals surface area contributed by atoms with E-state index in [9.17, 15) is 18.0 Å². The van der Waals surface area contributed by atoms with E-state index >= 15 is 0 Å². The molecule has 2 N–H and O–H groups in total. The van der Waals surface area contributed by atoms with Crippen LogP contribution < -0.4 is 5.32 Å². The Hall–Kier alpha value is -3.13. The smallest absolute Gasteiger partial charge is 0.268 e. The Labute approximate surface area is 162 Å². The van der Waals surface area contributed by atoms with Gasteiger partial charge in [-0.05, 0) is 43.2 Å². The zero-order valence-corrected chi connectivity index (χ0v) is 16.0. The van der Waals surface area contributed by atoms with Crippen molar-refractivity contribution in [2.75, 3.05) is 13.1 Å². The third-order valence-corrected chi connectivity index (χ3v) is 6.81. The maximum absolute atomic E-state index is 12.5. The van der Waals surface area contributed by atoms with Crippen molar-refractivity contribution in [2.45, 2.75) is 18.2 Å². The topological polar surface area (TPSA) is 99.3 Å². The normalized spacial score (nSPS) is 15.0. The fourth-order valence-corrected chi connectivity index (χ4v) is 5.08. The molecule has 0 radical (unpaired) electrons. The molecule has 1 aliphatic heterocycles. The molecule has 2 heterocycles. The Balaban J connectivity index is 1.49. The van der Waals surface area contributed by atoms with Crippen molar-refractivity contribution in [2.24, 2.45) is 0 Å². The standard InChI is InChI=1S/C20H19N3O4S/c1-2-23-20(25)16-8-7-13(11-18(16)28(23,26)27)19(24)21-10-9-14-12-22-17-6-4-3-5-15(14)17/h3-8,11-12,22H,2,9-10H2,1H3,(H,21,24). The average Bonchev–Trinajstić information content (AvgIpc) is 3.18. The number of nitrogens with zero attached hydrogens (tertiary/aromatic N) is 1. The van der Waals surface area contributed by atoms with E-state index in [4.69, 9.17) is 0 Å². The summed E-state index contributed by atoms with van der Waals surface area (Å²) in [6.45, 7) is 2.06. The van der Waals surface area contributed by atoms with Gasteiger partial charge in [0.1, 0.15) is 4.90 Å². The van der Waals surface area contributed by atoms with Crippen LogP contribution in [-0.2, 0) is 16.4 Å². The minimum absolute atomic E-state index is 0.0575. The quantitative estimate of drug-likeness (QED) is 0.690. The van der Waals surface area contributed by atoms with Crippen molar-refractivity contribution in [3.05, 3.63) is 65.4 Å². The van der Waals surface area contributed by atoms with Crippen molar-refractivity contribution in [3.63, 3.8) is 0 Å². The van der Waals surface area contributed by atoms with E-state index in [0.717, 1.165) is 20.8 Å². The summed E-state index contributed by atoms with van der Waals surface area (Å²) in [5.41, 5.74) is 2.46. The molecular formula is C20H19N3O4S. The number of hydrogen-bond donors (Lipinski definition) is 2. The van der Waals surface area contributed by atoms with E-state index in [1.807, 2.05) is 30.5 Å². The Morgan fingerprint density at radius 1 is 1.18 bits per heavy atom. The highest BCUT2D eigenvalue weighted by atomic mass is 32.2. The van der Waals surface area contributed by atoms with Gasteiger partial charge in [0.05, 0.1) is 5.56 Å². The summed E-state index contributed by atoms with van der Waals surface area (Å²) in [5, 5.41) is 3.92. The van der Waals surface area contributed by atoms with Crippen LogP contribution in [0, 0.1) is 0 Å². The lowest BCUT2D eigenvalue weighted by Crippen LogP contribution is -2.29. The average molecular weight is 397 g/mol. The lowest BCUT2D eigenvalue weighted by Gasteiger charge is -2.11. The number of rotatable bonds is 5. The number of fused-ring (bicyclic) bond motifs is 2. The number of H-pyrrole nitrogens is 1. The molecule has 0 fully saturated rings. The Kier molecular flexibility index (Phi) is 4.43. The van der Waals surface area contributed by atoms with Crippen LogP contribution in [0.2, 0.25) is 0 Å². The number of nitrogens with one attached hydrogen (secondary N) is 2. The Morgan fingerprint density at radius 2 is 1.96 bits per heavy atom. The predicted molar refractivity (Wildman–Crippen MR) is 105 cm³/mol. The van der Waals surface area contributed by atoms with Gasteiger partial charge in [-0.1, -0.05) is 18.2 Å². The molecule has 8 heteroatoms. The fraction of sp³-hybridized carbons (Fsp3) is 0.200. The van der Waals surface area contributed by atoms with Gasteiger partial charge in [0.2, 0.25) is 0 Å². The van der Waals surface area contributed by atoms with Crippen molar-refractivity contribution in [3.8, 4) is 0 Å². The second-order valence-corrected chi connectivity index (χ2v) is 8.38. The molecule has 4 rings (SSSR count). The molecule has 28 heavy (non-hydrogen) atoms. The van der Waals surface area contributed by atoms with E-state index in [1.54, 1.807) is 6.92 Å². The maximum Gasteiger partial charge on any atom is 0.268 e. The van der Waals surface area contributed by atoms with Gasteiger partial charge in [-0.3, -0.25) is 9.59 Å². The van der Waals surface area contributed by atoms with Crippen LogP contribution >= 0.6 is 0 Å². The van der Waals surface area contributed by atoms with Gasteiger partial charge < -0.3 is 10.3 Å². The maximum atomic E-state index is 12.5. The minimum Gasteiger partial charge on any atom is -0.361 e. The van der Waals surface area contributed by atoms with Crippen LogP contribution in [-0.4, -0.2) is 42.6 Å². The number of para-hydroxylation sites is 1. The Morgan fingerprint density at radius 3 is 2.75 bits per heavy atom. The van der Waals surface area contributed by atoms with Crippen LogP contribution in [0.1, 0.15) is 33.2 Å². The summed E-state index contributed by atoms with van der Waals surface area (Å²) in [6, 6.07) is 12.1. The number of amides is 2. The predicted octanol–water partition coefficient (Wildman–Crippen LogP) is 2.30. The second-order valence-electron chi connectivity index (χ2n) is 6.55. The third kappa shape index (κ3) is 2.86. The van der Waals surface area contributed by atoms with Gasteiger partial charge in [0.25, 0.3) is 21.8 Å². The molecule has 0 aliphatic carbocycles. The number of hydrogen-bond acceptors (Lipinski definition) is 4. The molecule has 3 aromatic rings. The molecule has 0 saturated carbocycles. The highest BCUT2D eigenvalue weighted by molar-refractivity contribution is 7.90. The number of sulfonamides is 1.